The number of Topliss-reactive ketones (excluding diaryl/α,β-unsaturated/α-hetero) is 1. The molecule has 0 radical (unpaired) electrons. The van der Waals surface area contributed by atoms with E-state index in [1.165, 1.54) is 6.20 Å². The molecule has 0 saturated heterocycles. The molecule has 1 rings (SSSR count). The maximum absolute atomic E-state index is 12.1. The number of rotatable bonds is 8. The van der Waals surface area contributed by atoms with Gasteiger partial charge in [-0.2, -0.15) is 0 Å². The molecule has 25 heavy (non-hydrogen) atoms. The van der Waals surface area contributed by atoms with Crippen LogP contribution in [-0.4, -0.2) is 46.8 Å². The summed E-state index contributed by atoms with van der Waals surface area (Å²) in [6.07, 6.45) is 3.29. The fourth-order valence-electron chi connectivity index (χ4n) is 1.96. The Kier molecular flexibility index (Phi) is 8.34. The molecule has 0 spiro atoms. The maximum Gasteiger partial charge on any atom is 0.407 e. The quantitative estimate of drug-likeness (QED) is 0.541. The highest BCUT2D eigenvalue weighted by molar-refractivity contribution is 6.28. The van der Waals surface area contributed by atoms with E-state index in [4.69, 9.17) is 16.3 Å². The Morgan fingerprint density at radius 3 is 2.60 bits per heavy atom. The molecule has 0 aromatic carbocycles. The number of pyridine rings is 1. The molecule has 2 amide bonds. The lowest BCUT2D eigenvalue weighted by Crippen LogP contribution is -2.42. The van der Waals surface area contributed by atoms with Gasteiger partial charge in [0.15, 0.2) is 5.78 Å². The van der Waals surface area contributed by atoms with Crippen molar-refractivity contribution >= 4 is 29.4 Å². The third-order valence-corrected chi connectivity index (χ3v) is 3.35. The van der Waals surface area contributed by atoms with Gasteiger partial charge in [-0.1, -0.05) is 0 Å². The van der Waals surface area contributed by atoms with Crippen LogP contribution < -0.4 is 10.6 Å². The molecule has 0 saturated carbocycles. The van der Waals surface area contributed by atoms with Crippen molar-refractivity contribution in [3.63, 3.8) is 0 Å². The topological polar surface area (TPSA) is 97.4 Å². The van der Waals surface area contributed by atoms with Crippen LogP contribution in [0.2, 0.25) is 0 Å². The van der Waals surface area contributed by atoms with Crippen LogP contribution in [0.25, 0.3) is 0 Å². The summed E-state index contributed by atoms with van der Waals surface area (Å²) < 4.78 is 5.12. The van der Waals surface area contributed by atoms with E-state index in [0.29, 0.717) is 24.9 Å². The highest BCUT2D eigenvalue weighted by Crippen LogP contribution is 2.07. The van der Waals surface area contributed by atoms with E-state index in [2.05, 4.69) is 15.6 Å². The number of hydrogen-bond acceptors (Lipinski definition) is 5. The van der Waals surface area contributed by atoms with E-state index >= 15 is 0 Å². The number of amides is 2. The standard InChI is InChI=1S/C17H24ClN3O4/c1-17(2,3)25-16(24)20-9-5-7-13(14(22)10-18)21-15(23)12-6-4-8-19-11-12/h4,6,8,11,13H,5,7,9-10H2,1-3H3,(H,20,24)(H,21,23)/t13-/m0/s1. The van der Waals surface area contributed by atoms with Crippen LogP contribution in [0.4, 0.5) is 4.79 Å². The Bertz CT molecular complexity index is 587. The lowest BCUT2D eigenvalue weighted by molar-refractivity contribution is -0.118. The van der Waals surface area contributed by atoms with Gasteiger partial charge < -0.3 is 15.4 Å². The van der Waals surface area contributed by atoms with Crippen molar-refractivity contribution in [2.45, 2.75) is 45.3 Å². The molecule has 0 aliphatic rings. The highest BCUT2D eigenvalue weighted by Gasteiger charge is 2.21. The van der Waals surface area contributed by atoms with Crippen LogP contribution in [0.15, 0.2) is 24.5 Å². The molecule has 138 valence electrons. The highest BCUT2D eigenvalue weighted by atomic mass is 35.5. The first kappa shape index (κ1) is 20.9. The van der Waals surface area contributed by atoms with Crippen molar-refractivity contribution < 1.29 is 19.1 Å². The molecule has 1 heterocycles. The summed E-state index contributed by atoms with van der Waals surface area (Å²) in [5.41, 5.74) is -0.208. The first-order valence-corrected chi connectivity index (χ1v) is 8.53. The van der Waals surface area contributed by atoms with E-state index in [-0.39, 0.29) is 11.7 Å². The number of hydrogen-bond donors (Lipinski definition) is 2. The zero-order valence-electron chi connectivity index (χ0n) is 14.7. The largest absolute Gasteiger partial charge is 0.444 e. The second-order valence-electron chi connectivity index (χ2n) is 6.44. The van der Waals surface area contributed by atoms with Crippen LogP contribution in [0.1, 0.15) is 44.0 Å². The molecule has 8 heteroatoms. The fraction of sp³-hybridized carbons (Fsp3) is 0.529. The van der Waals surface area contributed by atoms with Crippen molar-refractivity contribution in [3.8, 4) is 0 Å². The number of carbonyl (C=O) groups is 3. The van der Waals surface area contributed by atoms with Crippen molar-refractivity contribution in [3.05, 3.63) is 30.1 Å². The monoisotopic (exact) mass is 369 g/mol. The van der Waals surface area contributed by atoms with Gasteiger partial charge in [-0.15, -0.1) is 11.6 Å². The molecule has 2 N–H and O–H groups in total. The van der Waals surface area contributed by atoms with Gasteiger partial charge in [-0.05, 0) is 45.7 Å². The smallest absolute Gasteiger partial charge is 0.407 e. The van der Waals surface area contributed by atoms with Gasteiger partial charge in [0.2, 0.25) is 0 Å². The fourth-order valence-corrected chi connectivity index (χ4v) is 2.14. The minimum absolute atomic E-state index is 0.197. The Balaban J connectivity index is 2.48. The molecule has 7 nitrogen and oxygen atoms in total. The summed E-state index contributed by atoms with van der Waals surface area (Å²) in [6.45, 7) is 5.64. The Labute approximate surface area is 152 Å². The van der Waals surface area contributed by atoms with Gasteiger partial charge in [-0.25, -0.2) is 4.79 Å². The molecular weight excluding hydrogens is 346 g/mol. The molecule has 1 atom stereocenters. The van der Waals surface area contributed by atoms with E-state index in [1.807, 2.05) is 0 Å². The van der Waals surface area contributed by atoms with E-state index in [1.54, 1.807) is 39.1 Å². The second-order valence-corrected chi connectivity index (χ2v) is 6.71. The normalized spacial score (nSPS) is 12.2. The minimum Gasteiger partial charge on any atom is -0.444 e. The predicted octanol–water partition coefficient (Wildman–Crippen LogP) is 2.29. The molecule has 0 unspecified atom stereocenters. The summed E-state index contributed by atoms with van der Waals surface area (Å²) in [5, 5.41) is 5.26. The molecule has 1 aromatic heterocycles. The van der Waals surface area contributed by atoms with Gasteiger partial charge in [0.25, 0.3) is 5.91 Å². The summed E-state index contributed by atoms with van der Waals surface area (Å²) in [6, 6.07) is 2.53. The van der Waals surface area contributed by atoms with Gasteiger partial charge >= 0.3 is 6.09 Å². The lowest BCUT2D eigenvalue weighted by atomic mass is 10.1. The summed E-state index contributed by atoms with van der Waals surface area (Å²) in [4.78, 5) is 39.5. The average molecular weight is 370 g/mol. The summed E-state index contributed by atoms with van der Waals surface area (Å²) in [7, 11) is 0. The number of halogens is 1. The lowest BCUT2D eigenvalue weighted by Gasteiger charge is -2.20. The van der Waals surface area contributed by atoms with E-state index in [9.17, 15) is 14.4 Å². The molecule has 0 aliphatic carbocycles. The number of alkyl carbamates (subject to hydrolysis) is 1. The van der Waals surface area contributed by atoms with Crippen molar-refractivity contribution in [1.29, 1.82) is 0 Å². The maximum atomic E-state index is 12.1. The number of carbonyl (C=O) groups excluding carboxylic acids is 3. The number of nitrogens with zero attached hydrogens (tertiary/aromatic N) is 1. The Morgan fingerprint density at radius 1 is 1.32 bits per heavy atom. The molecule has 0 aliphatic heterocycles. The molecule has 0 bridgehead atoms. The third kappa shape index (κ3) is 8.49. The predicted molar refractivity (Wildman–Crippen MR) is 94.7 cm³/mol. The van der Waals surface area contributed by atoms with Gasteiger partial charge in [0.1, 0.15) is 5.60 Å². The SMILES string of the molecule is CC(C)(C)OC(=O)NCCC[C@H](NC(=O)c1cccnc1)C(=O)CCl. The first-order chi connectivity index (χ1) is 11.7. The van der Waals surface area contributed by atoms with Gasteiger partial charge in [0, 0.05) is 18.9 Å². The van der Waals surface area contributed by atoms with Crippen LogP contribution >= 0.6 is 11.6 Å². The van der Waals surface area contributed by atoms with E-state index in [0.717, 1.165) is 0 Å². The molecule has 1 aromatic rings. The van der Waals surface area contributed by atoms with Gasteiger partial charge in [-0.3, -0.25) is 14.6 Å². The molecule has 0 fully saturated rings. The van der Waals surface area contributed by atoms with Crippen LogP contribution in [-0.2, 0) is 9.53 Å². The van der Waals surface area contributed by atoms with Crippen molar-refractivity contribution in [2.24, 2.45) is 0 Å². The molecular formula is C17H24ClN3O4. The third-order valence-electron chi connectivity index (χ3n) is 3.09. The summed E-state index contributed by atoms with van der Waals surface area (Å²) >= 11 is 5.61. The number of nitrogens with one attached hydrogen (secondary N) is 2. The van der Waals surface area contributed by atoms with Crippen molar-refractivity contribution in [1.82, 2.24) is 15.6 Å². The Hall–Kier alpha value is -2.15. The first-order valence-electron chi connectivity index (χ1n) is 7.99. The Morgan fingerprint density at radius 2 is 2.04 bits per heavy atom. The average Bonchev–Trinajstić information content (AvgIpc) is 2.55. The number of ether oxygens (including phenoxy) is 1. The van der Waals surface area contributed by atoms with Crippen LogP contribution in [0.5, 0.6) is 0 Å². The number of alkyl halides is 1. The number of aromatic nitrogens is 1. The summed E-state index contributed by atoms with van der Waals surface area (Å²) in [5.74, 6) is -0.870. The minimum atomic E-state index is -0.717. The van der Waals surface area contributed by atoms with E-state index < -0.39 is 23.6 Å². The second kappa shape index (κ2) is 9.98. The van der Waals surface area contributed by atoms with Crippen LogP contribution in [0, 0.1) is 0 Å². The van der Waals surface area contributed by atoms with Gasteiger partial charge in [0.05, 0.1) is 17.5 Å². The zero-order chi connectivity index (χ0) is 18.9. The zero-order valence-corrected chi connectivity index (χ0v) is 15.4. The van der Waals surface area contributed by atoms with Crippen LogP contribution in [0.3, 0.4) is 0 Å². The van der Waals surface area contributed by atoms with Crippen molar-refractivity contribution in [2.75, 3.05) is 12.4 Å². The number of ketones is 1.